The predicted octanol–water partition coefficient (Wildman–Crippen LogP) is 2.39. The molecule has 7 heteroatoms. The molecule has 0 bridgehead atoms. The van der Waals surface area contributed by atoms with Gasteiger partial charge < -0.3 is 10.5 Å². The minimum absolute atomic E-state index is 0.0306. The molecule has 1 fully saturated rings. The average molecular weight is 306 g/mol. The van der Waals surface area contributed by atoms with Crippen LogP contribution in [-0.2, 0) is 17.5 Å². The lowest BCUT2D eigenvalue weighted by Gasteiger charge is -2.32. The normalized spacial score (nSPS) is 20.7. The van der Waals surface area contributed by atoms with E-state index in [4.69, 9.17) is 10.5 Å². The third-order valence-electron chi connectivity index (χ3n) is 3.46. The molecule has 1 heterocycles. The monoisotopic (exact) mass is 306 g/mol. The van der Waals surface area contributed by atoms with E-state index in [-0.39, 0.29) is 6.10 Å². The summed E-state index contributed by atoms with van der Waals surface area (Å²) in [5.41, 5.74) is 4.77. The van der Waals surface area contributed by atoms with Crippen LogP contribution in [0.1, 0.15) is 17.5 Å². The van der Waals surface area contributed by atoms with Crippen molar-refractivity contribution in [3.63, 3.8) is 0 Å². The Hall–Kier alpha value is -1.18. The molecule has 1 atom stereocenters. The molecule has 118 valence electrons. The number of hydrogen-bond acceptors (Lipinski definition) is 3. The summed E-state index contributed by atoms with van der Waals surface area (Å²) in [6, 6.07) is 3.07. The molecule has 0 unspecified atom stereocenters. The summed E-state index contributed by atoms with van der Waals surface area (Å²) >= 11 is 0. The van der Waals surface area contributed by atoms with E-state index in [2.05, 4.69) is 0 Å². The van der Waals surface area contributed by atoms with Crippen LogP contribution in [0.15, 0.2) is 18.2 Å². The van der Waals surface area contributed by atoms with Crippen LogP contribution in [0.2, 0.25) is 0 Å². The second kappa shape index (κ2) is 6.72. The van der Waals surface area contributed by atoms with Crippen molar-refractivity contribution >= 4 is 0 Å². The highest BCUT2D eigenvalue weighted by Crippen LogP contribution is 2.31. The Labute approximate surface area is 120 Å². The Morgan fingerprint density at radius 1 is 1.33 bits per heavy atom. The van der Waals surface area contributed by atoms with Gasteiger partial charge in [0.15, 0.2) is 0 Å². The number of alkyl halides is 3. The fourth-order valence-electron chi connectivity index (χ4n) is 2.43. The quantitative estimate of drug-likeness (QED) is 0.868. The van der Waals surface area contributed by atoms with Gasteiger partial charge in [-0.2, -0.15) is 13.2 Å². The lowest BCUT2D eigenvalue weighted by Crippen LogP contribution is -2.42. The van der Waals surface area contributed by atoms with Gasteiger partial charge in [0.05, 0.1) is 18.3 Å². The van der Waals surface area contributed by atoms with E-state index in [0.29, 0.717) is 38.3 Å². The summed E-state index contributed by atoms with van der Waals surface area (Å²) in [5.74, 6) is -1.23. The number of ether oxygens (including phenoxy) is 1. The number of hydrogen-bond donors (Lipinski definition) is 1. The summed E-state index contributed by atoms with van der Waals surface area (Å²) in [5, 5.41) is 0. The van der Waals surface area contributed by atoms with Crippen LogP contribution in [0.25, 0.3) is 0 Å². The first-order chi connectivity index (χ1) is 9.90. The molecule has 1 aliphatic rings. The van der Waals surface area contributed by atoms with E-state index >= 15 is 0 Å². The second-order valence-corrected chi connectivity index (χ2v) is 5.12. The maximum absolute atomic E-state index is 13.5. The van der Waals surface area contributed by atoms with Crippen LogP contribution < -0.4 is 5.73 Å². The zero-order chi connectivity index (χ0) is 15.5. The summed E-state index contributed by atoms with van der Waals surface area (Å²) in [7, 11) is 0. The van der Waals surface area contributed by atoms with Gasteiger partial charge in [-0.15, -0.1) is 0 Å². The maximum Gasteiger partial charge on any atom is 0.419 e. The summed E-state index contributed by atoms with van der Waals surface area (Å²) in [4.78, 5) is 2.03. The molecular formula is C14H18F4N2O. The van der Waals surface area contributed by atoms with Gasteiger partial charge in [-0.25, -0.2) is 4.39 Å². The molecule has 1 saturated heterocycles. The van der Waals surface area contributed by atoms with Crippen LogP contribution in [0, 0.1) is 5.82 Å². The first-order valence-electron chi connectivity index (χ1n) is 6.80. The summed E-state index contributed by atoms with van der Waals surface area (Å²) in [6.45, 7) is 2.80. The third kappa shape index (κ3) is 4.39. The zero-order valence-electron chi connectivity index (χ0n) is 11.5. The number of morpholine rings is 1. The van der Waals surface area contributed by atoms with Crippen molar-refractivity contribution in [2.24, 2.45) is 5.73 Å². The average Bonchev–Trinajstić information content (AvgIpc) is 2.38. The van der Waals surface area contributed by atoms with Crippen molar-refractivity contribution in [3.8, 4) is 0 Å². The maximum atomic E-state index is 13.5. The first kappa shape index (κ1) is 16.2. The van der Waals surface area contributed by atoms with Crippen molar-refractivity contribution < 1.29 is 22.3 Å². The Bertz CT molecular complexity index is 477. The fourth-order valence-corrected chi connectivity index (χ4v) is 2.43. The standard InChI is InChI=1S/C14H18F4N2O/c15-13-7-10(1-2-12(13)14(16,17)18)8-20-5-6-21-11(9-20)3-4-19/h1-2,7,11H,3-6,8-9,19H2/t11-/m0/s1. The molecule has 3 nitrogen and oxygen atoms in total. The topological polar surface area (TPSA) is 38.5 Å². The van der Waals surface area contributed by atoms with Crippen molar-refractivity contribution in [1.29, 1.82) is 0 Å². The predicted molar refractivity (Wildman–Crippen MR) is 70.1 cm³/mol. The highest BCUT2D eigenvalue weighted by molar-refractivity contribution is 5.26. The van der Waals surface area contributed by atoms with Gasteiger partial charge in [-0.3, -0.25) is 4.90 Å². The number of nitrogens with zero attached hydrogens (tertiary/aromatic N) is 1. The number of halogens is 4. The summed E-state index contributed by atoms with van der Waals surface area (Å²) in [6.07, 6.45) is -3.89. The van der Waals surface area contributed by atoms with Crippen LogP contribution in [-0.4, -0.2) is 37.2 Å². The Balaban J connectivity index is 2.01. The van der Waals surface area contributed by atoms with Gasteiger partial charge in [-0.1, -0.05) is 6.07 Å². The molecule has 2 N–H and O–H groups in total. The Morgan fingerprint density at radius 2 is 2.10 bits per heavy atom. The number of benzene rings is 1. The number of nitrogens with two attached hydrogens (primary N) is 1. The second-order valence-electron chi connectivity index (χ2n) is 5.12. The van der Waals surface area contributed by atoms with Gasteiger partial charge in [0.1, 0.15) is 5.82 Å². The minimum Gasteiger partial charge on any atom is -0.376 e. The van der Waals surface area contributed by atoms with Gasteiger partial charge in [-0.05, 0) is 30.7 Å². The van der Waals surface area contributed by atoms with Crippen LogP contribution in [0.3, 0.4) is 0 Å². The Morgan fingerprint density at radius 3 is 2.71 bits per heavy atom. The van der Waals surface area contributed by atoms with Crippen LogP contribution in [0.4, 0.5) is 17.6 Å². The van der Waals surface area contributed by atoms with Gasteiger partial charge >= 0.3 is 6.18 Å². The van der Waals surface area contributed by atoms with Crippen molar-refractivity contribution in [2.75, 3.05) is 26.2 Å². The molecule has 1 aromatic carbocycles. The lowest BCUT2D eigenvalue weighted by molar-refractivity contribution is -0.140. The Kier molecular flexibility index (Phi) is 5.18. The van der Waals surface area contributed by atoms with E-state index in [1.54, 1.807) is 0 Å². The molecule has 2 rings (SSSR count). The molecule has 0 aromatic heterocycles. The number of rotatable bonds is 4. The molecule has 1 aromatic rings. The smallest absolute Gasteiger partial charge is 0.376 e. The molecule has 1 aliphatic heterocycles. The van der Waals surface area contributed by atoms with E-state index in [1.165, 1.54) is 6.07 Å². The highest BCUT2D eigenvalue weighted by atomic mass is 19.4. The molecule has 0 radical (unpaired) electrons. The largest absolute Gasteiger partial charge is 0.419 e. The lowest BCUT2D eigenvalue weighted by atomic mass is 10.1. The van der Waals surface area contributed by atoms with E-state index in [9.17, 15) is 17.6 Å². The van der Waals surface area contributed by atoms with Crippen molar-refractivity contribution in [1.82, 2.24) is 4.90 Å². The van der Waals surface area contributed by atoms with Gasteiger partial charge in [0.2, 0.25) is 0 Å². The van der Waals surface area contributed by atoms with Crippen LogP contribution in [0.5, 0.6) is 0 Å². The van der Waals surface area contributed by atoms with Gasteiger partial charge in [0.25, 0.3) is 0 Å². The minimum atomic E-state index is -4.66. The molecular weight excluding hydrogens is 288 g/mol. The zero-order valence-corrected chi connectivity index (χ0v) is 11.5. The SMILES string of the molecule is NCC[C@H]1CN(Cc2ccc(C(F)(F)F)c(F)c2)CCO1. The van der Waals surface area contributed by atoms with Gasteiger partial charge in [0, 0.05) is 19.6 Å². The molecule has 0 saturated carbocycles. The van der Waals surface area contributed by atoms with E-state index in [1.807, 2.05) is 4.90 Å². The highest BCUT2D eigenvalue weighted by Gasteiger charge is 2.34. The van der Waals surface area contributed by atoms with E-state index < -0.39 is 17.6 Å². The third-order valence-corrected chi connectivity index (χ3v) is 3.46. The fraction of sp³-hybridized carbons (Fsp3) is 0.571. The molecule has 0 aliphatic carbocycles. The molecule has 0 spiro atoms. The molecule has 21 heavy (non-hydrogen) atoms. The van der Waals surface area contributed by atoms with E-state index in [0.717, 1.165) is 18.6 Å². The van der Waals surface area contributed by atoms with Crippen LogP contribution >= 0.6 is 0 Å². The molecule has 0 amide bonds. The van der Waals surface area contributed by atoms with Crippen molar-refractivity contribution in [3.05, 3.63) is 35.1 Å². The first-order valence-corrected chi connectivity index (χ1v) is 6.80. The van der Waals surface area contributed by atoms with Crippen molar-refractivity contribution in [2.45, 2.75) is 25.2 Å². The summed E-state index contributed by atoms with van der Waals surface area (Å²) < 4.78 is 56.5.